The Labute approximate surface area is 708 Å². The zero-order valence-electron chi connectivity index (χ0n) is 76.4. The number of phosphoric acid groups is 2. The van der Waals surface area contributed by atoms with E-state index in [9.17, 15) is 43.2 Å². The van der Waals surface area contributed by atoms with Gasteiger partial charge in [-0.25, -0.2) is 9.13 Å². The average Bonchev–Trinajstić information content (AvgIpc) is 0.897. The smallest absolute Gasteiger partial charge is 0.462 e. The predicted molar refractivity (Wildman–Crippen MR) is 478 cm³/mol. The summed E-state index contributed by atoms with van der Waals surface area (Å²) in [6.07, 6.45) is 78.0. The number of rotatable bonds is 93. The van der Waals surface area contributed by atoms with E-state index in [-0.39, 0.29) is 25.7 Å². The SMILES string of the molecule is CCC(C)CCCCCCCCCCCCCCCCCCCCC(=O)O[C@H](COC(=O)CCCCCCCCCCCCCCCCCCCCC(C)C)COP(=O)(O)OCC(O)COP(=O)(O)OC[C@@H](COC(=O)CCCCCCCCCC(C)C)OC(=O)CCCCCCCCCCCCCCCCCCCCC(C)CC. The van der Waals surface area contributed by atoms with Crippen LogP contribution in [0.15, 0.2) is 0 Å². The average molecular weight is 1680 g/mol. The van der Waals surface area contributed by atoms with Gasteiger partial charge in [-0.2, -0.15) is 0 Å². The van der Waals surface area contributed by atoms with Gasteiger partial charge in [0.15, 0.2) is 12.2 Å². The van der Waals surface area contributed by atoms with Crippen LogP contribution in [0.2, 0.25) is 0 Å². The van der Waals surface area contributed by atoms with Crippen LogP contribution in [0.5, 0.6) is 0 Å². The lowest BCUT2D eigenvalue weighted by Crippen LogP contribution is -2.30. The highest BCUT2D eigenvalue weighted by atomic mass is 31.2. The minimum atomic E-state index is -4.97. The van der Waals surface area contributed by atoms with Gasteiger partial charge < -0.3 is 33.8 Å². The second-order valence-electron chi connectivity index (χ2n) is 35.9. The first-order valence-corrected chi connectivity index (χ1v) is 52.3. The molecule has 0 fully saturated rings. The summed E-state index contributed by atoms with van der Waals surface area (Å²) in [4.78, 5) is 73.5. The summed E-state index contributed by atoms with van der Waals surface area (Å²) in [5.41, 5.74) is 0. The first-order valence-electron chi connectivity index (χ1n) is 49.3. The van der Waals surface area contributed by atoms with Crippen molar-refractivity contribution in [3.63, 3.8) is 0 Å². The molecule has 0 aromatic rings. The van der Waals surface area contributed by atoms with Crippen molar-refractivity contribution in [1.29, 1.82) is 0 Å². The Hall–Kier alpha value is -1.94. The maximum atomic E-state index is 13.2. The quantitative estimate of drug-likeness (QED) is 0.0222. The van der Waals surface area contributed by atoms with Crippen LogP contribution < -0.4 is 0 Å². The minimum absolute atomic E-state index is 0.108. The van der Waals surface area contributed by atoms with Crippen molar-refractivity contribution in [2.45, 2.75) is 530 Å². The van der Waals surface area contributed by atoms with Gasteiger partial charge in [0.25, 0.3) is 0 Å². The van der Waals surface area contributed by atoms with Crippen LogP contribution in [0.25, 0.3) is 0 Å². The van der Waals surface area contributed by atoms with Crippen molar-refractivity contribution >= 4 is 39.5 Å². The molecule has 0 rings (SSSR count). The molecule has 17 nitrogen and oxygen atoms in total. The highest BCUT2D eigenvalue weighted by Gasteiger charge is 2.31. The van der Waals surface area contributed by atoms with Gasteiger partial charge in [0.1, 0.15) is 19.3 Å². The van der Waals surface area contributed by atoms with Crippen LogP contribution in [-0.4, -0.2) is 96.7 Å². The number of aliphatic hydroxyl groups is 1. The molecule has 0 aliphatic heterocycles. The third kappa shape index (κ3) is 86.8. The zero-order chi connectivity index (χ0) is 84.5. The summed E-state index contributed by atoms with van der Waals surface area (Å²) in [5.74, 6) is 1.17. The minimum Gasteiger partial charge on any atom is -0.462 e. The Morgan fingerprint density at radius 2 is 0.417 bits per heavy atom. The molecule has 0 amide bonds. The summed E-state index contributed by atoms with van der Waals surface area (Å²) in [7, 11) is -9.94. The van der Waals surface area contributed by atoms with E-state index >= 15 is 0 Å². The summed E-state index contributed by atoms with van der Waals surface area (Å²) in [5, 5.41) is 10.7. The van der Waals surface area contributed by atoms with Gasteiger partial charge in [0.2, 0.25) is 0 Å². The summed E-state index contributed by atoms with van der Waals surface area (Å²) in [6.45, 7) is 14.5. The van der Waals surface area contributed by atoms with E-state index in [1.807, 2.05) is 0 Å². The third-order valence-electron chi connectivity index (χ3n) is 23.3. The normalized spacial score (nSPS) is 14.2. The van der Waals surface area contributed by atoms with Crippen LogP contribution in [0, 0.1) is 23.7 Å². The number of hydrogen-bond donors (Lipinski definition) is 3. The van der Waals surface area contributed by atoms with Crippen molar-refractivity contribution in [2.24, 2.45) is 23.7 Å². The Bertz CT molecular complexity index is 2220. The van der Waals surface area contributed by atoms with Crippen LogP contribution in [0.1, 0.15) is 511 Å². The fraction of sp³-hybridized carbons (Fsp3) is 0.958. The molecule has 5 unspecified atom stereocenters. The molecule has 0 aromatic carbocycles. The predicted octanol–water partition coefficient (Wildman–Crippen LogP) is 29.8. The Morgan fingerprint density at radius 1 is 0.243 bits per heavy atom. The molecule has 0 radical (unpaired) electrons. The third-order valence-corrected chi connectivity index (χ3v) is 25.2. The van der Waals surface area contributed by atoms with Crippen molar-refractivity contribution in [1.82, 2.24) is 0 Å². The molecule has 0 aliphatic carbocycles. The Morgan fingerprint density at radius 3 is 0.617 bits per heavy atom. The number of carbonyl (C=O) groups is 4. The maximum absolute atomic E-state index is 13.2. The highest BCUT2D eigenvalue weighted by Crippen LogP contribution is 2.45. The molecule has 684 valence electrons. The number of carbonyl (C=O) groups excluding carboxylic acids is 4. The van der Waals surface area contributed by atoms with Crippen molar-refractivity contribution in [2.75, 3.05) is 39.6 Å². The van der Waals surface area contributed by atoms with E-state index in [0.717, 1.165) is 114 Å². The standard InChI is InChI=1S/C96H188O17P2/c1-9-88(7)74-66-58-50-42-36-30-24-18-12-15-21-27-33-39-45-53-62-70-78-95(100)112-91(82-106-93(98)76-68-60-52-44-38-32-26-20-14-11-17-23-29-35-41-48-56-64-72-86(3)4)84-110-114(102,103)108-80-90(97)81-109-115(104,105)111-85-92(83-107-94(99)77-69-61-55-47-49-57-65-73-87(5)6)113-96(101)79-71-63-54-46-40-34-28-22-16-13-19-25-31-37-43-51-59-67-75-89(8)10-2/h86-92,97H,9-85H2,1-8H3,(H,102,103)(H,104,105)/t88?,89?,90?,91-,92-/m1/s1. The monoisotopic (exact) mass is 1680 g/mol. The van der Waals surface area contributed by atoms with E-state index in [2.05, 4.69) is 55.4 Å². The molecule has 0 bridgehead atoms. The van der Waals surface area contributed by atoms with E-state index in [1.165, 1.54) is 308 Å². The summed E-state index contributed by atoms with van der Waals surface area (Å²) >= 11 is 0. The lowest BCUT2D eigenvalue weighted by atomic mass is 9.99. The fourth-order valence-corrected chi connectivity index (χ4v) is 16.6. The second-order valence-corrected chi connectivity index (χ2v) is 38.8. The highest BCUT2D eigenvalue weighted by molar-refractivity contribution is 7.47. The maximum Gasteiger partial charge on any atom is 0.472 e. The summed E-state index contributed by atoms with van der Waals surface area (Å²) < 4.78 is 69.2. The van der Waals surface area contributed by atoms with Gasteiger partial charge >= 0.3 is 39.5 Å². The van der Waals surface area contributed by atoms with Gasteiger partial charge in [0.05, 0.1) is 26.4 Å². The molecule has 0 saturated heterocycles. The number of esters is 4. The number of ether oxygens (including phenoxy) is 4. The first kappa shape index (κ1) is 113. The second kappa shape index (κ2) is 84.3. The molecule has 0 saturated carbocycles. The molecule has 3 N–H and O–H groups in total. The van der Waals surface area contributed by atoms with Gasteiger partial charge in [0, 0.05) is 25.7 Å². The van der Waals surface area contributed by atoms with Crippen LogP contribution in [0.4, 0.5) is 0 Å². The molecule has 0 heterocycles. The summed E-state index contributed by atoms with van der Waals surface area (Å²) in [6, 6.07) is 0. The number of phosphoric ester groups is 2. The molecular formula is C96H188O17P2. The molecule has 0 aromatic heterocycles. The Balaban J connectivity index is 5.20. The van der Waals surface area contributed by atoms with Gasteiger partial charge in [-0.1, -0.05) is 460 Å². The van der Waals surface area contributed by atoms with Crippen LogP contribution >= 0.6 is 15.6 Å². The molecule has 0 spiro atoms. The Kier molecular flexibility index (Phi) is 82.9. The van der Waals surface area contributed by atoms with Crippen molar-refractivity contribution < 1.29 is 80.2 Å². The molecular weight excluding hydrogens is 1490 g/mol. The zero-order valence-corrected chi connectivity index (χ0v) is 78.2. The van der Waals surface area contributed by atoms with Gasteiger partial charge in [-0.05, 0) is 49.4 Å². The van der Waals surface area contributed by atoms with Crippen molar-refractivity contribution in [3.8, 4) is 0 Å². The van der Waals surface area contributed by atoms with E-state index in [4.69, 9.17) is 37.0 Å². The van der Waals surface area contributed by atoms with Gasteiger partial charge in [-0.3, -0.25) is 37.3 Å². The lowest BCUT2D eigenvalue weighted by Gasteiger charge is -2.21. The van der Waals surface area contributed by atoms with Crippen LogP contribution in [-0.2, 0) is 65.4 Å². The van der Waals surface area contributed by atoms with E-state index < -0.39 is 97.5 Å². The van der Waals surface area contributed by atoms with Crippen LogP contribution in [0.3, 0.4) is 0 Å². The topological polar surface area (TPSA) is 237 Å². The van der Waals surface area contributed by atoms with Crippen molar-refractivity contribution in [3.05, 3.63) is 0 Å². The largest absolute Gasteiger partial charge is 0.472 e. The van der Waals surface area contributed by atoms with E-state index in [0.29, 0.717) is 31.6 Å². The molecule has 7 atom stereocenters. The molecule has 19 heteroatoms. The van der Waals surface area contributed by atoms with Gasteiger partial charge in [-0.15, -0.1) is 0 Å². The first-order chi connectivity index (χ1) is 55.7. The lowest BCUT2D eigenvalue weighted by molar-refractivity contribution is -0.161. The van der Waals surface area contributed by atoms with E-state index in [1.54, 1.807) is 0 Å². The number of hydrogen-bond acceptors (Lipinski definition) is 15. The molecule has 0 aliphatic rings. The number of unbranched alkanes of at least 4 members (excludes halogenated alkanes) is 57. The fourth-order valence-electron chi connectivity index (χ4n) is 15.0. The molecule has 115 heavy (non-hydrogen) atoms. The number of aliphatic hydroxyl groups excluding tert-OH is 1.